The predicted molar refractivity (Wildman–Crippen MR) is 344 cm³/mol. The summed E-state index contributed by atoms with van der Waals surface area (Å²) in [5.74, 6) is 0.593. The largest absolute Gasteiger partial charge is 0.497 e. The smallest absolute Gasteiger partial charge is 0.239 e. The van der Waals surface area contributed by atoms with Crippen molar-refractivity contribution >= 4 is 52.4 Å². The molecule has 5 aromatic rings. The molecule has 1 aromatic heterocycles. The van der Waals surface area contributed by atoms with Crippen molar-refractivity contribution in [2.24, 2.45) is 0 Å². The summed E-state index contributed by atoms with van der Waals surface area (Å²) in [6, 6.07) is 29.6. The molecule has 20 nitrogen and oxygen atoms in total. The van der Waals surface area contributed by atoms with Crippen LogP contribution in [0.15, 0.2) is 114 Å². The third-order valence-corrected chi connectivity index (χ3v) is 17.6. The molecule has 0 bridgehead atoms. The van der Waals surface area contributed by atoms with Gasteiger partial charge in [-0.25, -0.2) is 9.97 Å². The molecule has 0 radical (unpaired) electrons. The Morgan fingerprint density at radius 2 is 1.29 bits per heavy atom. The second-order valence-corrected chi connectivity index (χ2v) is 24.8. The van der Waals surface area contributed by atoms with E-state index in [9.17, 15) is 24.0 Å². The van der Waals surface area contributed by atoms with Gasteiger partial charge in [0.1, 0.15) is 17.3 Å². The maximum absolute atomic E-state index is 13.5. The zero-order valence-electron chi connectivity index (χ0n) is 53.5. The standard InChI is InChI=1S/C70H85N9O11/c1-45-12-22-56-53(38-45)69(2,3)66-51-41-52-59(90-58(51)26-30-78(56)66)27-31-79-57-23-13-46(39-54(57)70(4,5)67(52)79)40-65(84)77(7)44-63(82)72-29-11-33-88-35-37-89-36-34-87-32-10-28-71-62(81)43-76(6)64(83)25-24-61(80)74-60-42-55(47-14-18-49(85-8)19-15-47)73-68(75-60)48-16-20-50(86-9)21-17-48/h12-23,38-39,41-42,58-59H,10-11,24-37,40,43-44H2,1-9H3,(H2-,71,72,73,74,75,80,81,82)/p+1. The number of hydrogen-bond donors (Lipinski definition) is 3. The molecule has 5 aliphatic heterocycles. The molecule has 2 unspecified atom stereocenters. The molecule has 2 atom stereocenters. The van der Waals surface area contributed by atoms with E-state index >= 15 is 0 Å². The number of carbonyl (C=O) groups excluding carboxylic acids is 5. The van der Waals surface area contributed by atoms with Gasteiger partial charge in [0, 0.05) is 123 Å². The molecule has 0 saturated heterocycles. The maximum atomic E-state index is 13.5. The summed E-state index contributed by atoms with van der Waals surface area (Å²) in [5.41, 5.74) is 14.2. The first kappa shape index (κ1) is 64.7. The predicted octanol–water partition coefficient (Wildman–Crippen LogP) is 8.01. The molecular weight excluding hydrogens is 1140 g/mol. The summed E-state index contributed by atoms with van der Waals surface area (Å²) in [4.78, 5) is 79.7. The minimum atomic E-state index is -0.413. The van der Waals surface area contributed by atoms with Crippen LogP contribution in [0.5, 0.6) is 11.5 Å². The molecule has 0 fully saturated rings. The number of rotatable bonds is 28. The molecule has 20 heteroatoms. The van der Waals surface area contributed by atoms with E-state index in [4.69, 9.17) is 33.4 Å². The molecule has 6 heterocycles. The lowest BCUT2D eigenvalue weighted by atomic mass is 9.73. The first-order chi connectivity index (χ1) is 43.3. The molecule has 10 rings (SSSR count). The van der Waals surface area contributed by atoms with Gasteiger partial charge in [-0.1, -0.05) is 37.6 Å². The number of benzene rings is 4. The van der Waals surface area contributed by atoms with E-state index in [1.807, 2.05) is 36.4 Å². The maximum Gasteiger partial charge on any atom is 0.239 e. The second kappa shape index (κ2) is 28.7. The molecule has 5 aliphatic rings. The third kappa shape index (κ3) is 14.8. The number of allylic oxidation sites excluding steroid dienone is 1. The van der Waals surface area contributed by atoms with E-state index in [-0.39, 0.29) is 84.8 Å². The number of methoxy groups -OCH3 is 2. The number of hydrogen-bond acceptors (Lipinski definition) is 14. The van der Waals surface area contributed by atoms with Crippen molar-refractivity contribution in [3.05, 3.63) is 136 Å². The monoisotopic (exact) mass is 1230 g/mol. The lowest BCUT2D eigenvalue weighted by molar-refractivity contribution is -0.445. The second-order valence-electron chi connectivity index (χ2n) is 24.8. The average Bonchev–Trinajstić information content (AvgIpc) is 1.54. The van der Waals surface area contributed by atoms with E-state index < -0.39 is 5.91 Å². The van der Waals surface area contributed by atoms with Gasteiger partial charge in [-0.05, 0) is 118 Å². The van der Waals surface area contributed by atoms with E-state index in [0.717, 1.165) is 42.6 Å². The Morgan fingerprint density at radius 1 is 0.667 bits per heavy atom. The van der Waals surface area contributed by atoms with Gasteiger partial charge in [0.2, 0.25) is 35.2 Å². The molecule has 476 valence electrons. The summed E-state index contributed by atoms with van der Waals surface area (Å²) >= 11 is 0. The van der Waals surface area contributed by atoms with E-state index in [2.05, 4.69) is 108 Å². The van der Waals surface area contributed by atoms with Crippen LogP contribution in [-0.2, 0) is 60.2 Å². The Hall–Kier alpha value is -8.30. The van der Waals surface area contributed by atoms with E-state index in [1.54, 1.807) is 39.5 Å². The zero-order valence-corrected chi connectivity index (χ0v) is 53.5. The first-order valence-corrected chi connectivity index (χ1v) is 31.3. The van der Waals surface area contributed by atoms with Gasteiger partial charge in [-0.2, -0.15) is 4.58 Å². The Morgan fingerprint density at radius 3 is 1.93 bits per heavy atom. The van der Waals surface area contributed by atoms with Gasteiger partial charge in [0.05, 0.1) is 83.5 Å². The molecule has 3 N–H and O–H groups in total. The lowest BCUT2D eigenvalue weighted by Crippen LogP contribution is -2.47. The van der Waals surface area contributed by atoms with Gasteiger partial charge < -0.3 is 59.1 Å². The number of amides is 5. The third-order valence-electron chi connectivity index (χ3n) is 17.6. The number of anilines is 2. The first-order valence-electron chi connectivity index (χ1n) is 31.3. The highest BCUT2D eigenvalue weighted by atomic mass is 16.5. The van der Waals surface area contributed by atoms with Crippen LogP contribution >= 0.6 is 0 Å². The minimum Gasteiger partial charge on any atom is -0.497 e. The van der Waals surface area contributed by atoms with Crippen molar-refractivity contribution in [2.45, 2.75) is 103 Å². The van der Waals surface area contributed by atoms with Crippen LogP contribution in [0.2, 0.25) is 0 Å². The van der Waals surface area contributed by atoms with E-state index in [1.165, 1.54) is 67.5 Å². The highest BCUT2D eigenvalue weighted by molar-refractivity contribution is 6.09. The highest BCUT2D eigenvalue weighted by Crippen LogP contribution is 2.54. The van der Waals surface area contributed by atoms with Crippen LogP contribution in [0, 0.1) is 6.92 Å². The van der Waals surface area contributed by atoms with Crippen molar-refractivity contribution in [1.82, 2.24) is 30.4 Å². The summed E-state index contributed by atoms with van der Waals surface area (Å²) in [6.07, 6.45) is 5.63. The van der Waals surface area contributed by atoms with Crippen molar-refractivity contribution < 1.29 is 57.0 Å². The van der Waals surface area contributed by atoms with Crippen LogP contribution in [-0.4, -0.2) is 179 Å². The normalized spacial score (nSPS) is 17.2. The quantitative estimate of drug-likeness (QED) is 0.0320. The van der Waals surface area contributed by atoms with Crippen LogP contribution in [0.25, 0.3) is 22.6 Å². The summed E-state index contributed by atoms with van der Waals surface area (Å²) in [5, 5.41) is 8.51. The van der Waals surface area contributed by atoms with Gasteiger partial charge in [-0.15, -0.1) is 0 Å². The molecular formula is C70H86N9O11+. The van der Waals surface area contributed by atoms with Crippen LogP contribution in [0.3, 0.4) is 0 Å². The molecule has 5 amide bonds. The van der Waals surface area contributed by atoms with E-state index in [0.29, 0.717) is 88.6 Å². The molecule has 0 spiro atoms. The Balaban J connectivity index is 0.557. The average molecular weight is 1230 g/mol. The Labute approximate surface area is 528 Å². The highest BCUT2D eigenvalue weighted by Gasteiger charge is 2.54. The number of carbonyl (C=O) groups is 5. The van der Waals surface area contributed by atoms with Crippen molar-refractivity contribution in [3.8, 4) is 34.1 Å². The summed E-state index contributed by atoms with van der Waals surface area (Å²) in [7, 11) is 6.37. The topological polar surface area (TPSA) is 215 Å². The fraction of sp³-hybridized carbons (Fsp3) is 0.457. The Bertz CT molecular complexity index is 3510. The molecule has 0 saturated carbocycles. The van der Waals surface area contributed by atoms with Gasteiger partial charge in [0.15, 0.2) is 18.1 Å². The number of fused-ring (bicyclic) bond motifs is 8. The fourth-order valence-corrected chi connectivity index (χ4v) is 12.8. The van der Waals surface area contributed by atoms with Crippen molar-refractivity contribution in [3.63, 3.8) is 0 Å². The van der Waals surface area contributed by atoms with Crippen LogP contribution < -0.4 is 30.3 Å². The van der Waals surface area contributed by atoms with Gasteiger partial charge in [0.25, 0.3) is 0 Å². The molecule has 90 heavy (non-hydrogen) atoms. The molecule has 0 aliphatic carbocycles. The van der Waals surface area contributed by atoms with Crippen LogP contribution in [0.1, 0.15) is 88.5 Å². The minimum absolute atomic E-state index is 0.0399. The van der Waals surface area contributed by atoms with Gasteiger partial charge in [-0.3, -0.25) is 24.0 Å². The SMILES string of the molecule is COc1ccc(-c2cc(NC(=O)CCC(=O)N(C)CC(=O)NCCCOCCOCCOCCCNC(=O)CN(C)C(=O)Cc3ccc4c(c3)C(C)(C)C3=[N+]4CCC4OC5CCN6C(=C5C=C34)C(C)(C)c3cc(C)ccc36)nc(-c3ccc(OC)cc3)n2)cc1. The number of nitrogens with one attached hydrogen (secondary N) is 3. The number of nitrogens with zero attached hydrogens (tertiary/aromatic N) is 6. The number of aryl methyl sites for hydroxylation is 1. The lowest BCUT2D eigenvalue weighted by Gasteiger charge is -2.42. The Kier molecular flexibility index (Phi) is 20.6. The summed E-state index contributed by atoms with van der Waals surface area (Å²) in [6.45, 7) is 16.3. The zero-order chi connectivity index (χ0) is 63.7. The summed E-state index contributed by atoms with van der Waals surface area (Å²) < 4.78 is 37.1. The van der Waals surface area contributed by atoms with Crippen LogP contribution in [0.4, 0.5) is 17.2 Å². The fourth-order valence-electron chi connectivity index (χ4n) is 12.8. The van der Waals surface area contributed by atoms with Gasteiger partial charge >= 0.3 is 0 Å². The number of aromatic nitrogens is 2. The van der Waals surface area contributed by atoms with Crippen molar-refractivity contribution in [1.29, 1.82) is 0 Å². The number of ether oxygens (including phenoxy) is 6. The molecule has 4 aromatic carbocycles. The number of likely N-dealkylation sites (N-methyl/N-ethyl adjacent to an activating group) is 2. The van der Waals surface area contributed by atoms with Crippen molar-refractivity contribution in [2.75, 3.05) is 117 Å².